The number of hydrogen-bond donors (Lipinski definition) is 0. The summed E-state index contributed by atoms with van der Waals surface area (Å²) in [4.78, 5) is 0. The zero-order chi connectivity index (χ0) is 9.90. The van der Waals surface area contributed by atoms with Gasteiger partial charge in [0.2, 0.25) is 3.07 Å². The third-order valence-electron chi connectivity index (χ3n) is 1.96. The van der Waals surface area contributed by atoms with Gasteiger partial charge in [-0.2, -0.15) is 0 Å². The molecule has 0 N–H and O–H groups in total. The molecule has 0 amide bonds. The van der Waals surface area contributed by atoms with Crippen LogP contribution in [0.5, 0.6) is 5.75 Å². The first kappa shape index (κ1) is 11.8. The lowest BCUT2D eigenvalue weighted by Crippen LogP contribution is -2.33. The molecule has 1 rings (SSSR count). The van der Waals surface area contributed by atoms with Crippen LogP contribution in [0, 0.1) is 0 Å². The minimum absolute atomic E-state index is 0.942. The zero-order valence-corrected chi connectivity index (χ0v) is 13.0. The summed E-state index contributed by atoms with van der Waals surface area (Å²) in [6.45, 7) is 2.26. The molecule has 0 radical (unpaired) electrons. The van der Waals surface area contributed by atoms with E-state index in [1.165, 1.54) is 11.2 Å². The Morgan fingerprint density at radius 1 is 1.23 bits per heavy atom. The second kappa shape index (κ2) is 4.97. The molecule has 0 aromatic heterocycles. The van der Waals surface area contributed by atoms with Gasteiger partial charge in [0.05, 0.1) is 7.11 Å². The van der Waals surface area contributed by atoms with Gasteiger partial charge in [-0.05, 0) is 23.4 Å². The fourth-order valence-corrected chi connectivity index (χ4v) is 4.26. The van der Waals surface area contributed by atoms with Gasteiger partial charge >= 0.3 is 0 Å². The standard InChI is InChI=1S/C9H12I2OSi/c1-3-13(10,11)9-6-4-8(12-2)5-7-9/h4-7H,3H2,1-2H3. The lowest BCUT2D eigenvalue weighted by Gasteiger charge is -2.15. The Hall–Kier alpha value is 0.697. The van der Waals surface area contributed by atoms with Crippen LogP contribution >= 0.6 is 43.6 Å². The van der Waals surface area contributed by atoms with Crippen molar-refractivity contribution >= 4 is 51.8 Å². The maximum Gasteiger partial charge on any atom is 0.220 e. The van der Waals surface area contributed by atoms with Crippen LogP contribution < -0.4 is 9.92 Å². The first-order valence-electron chi connectivity index (χ1n) is 4.12. The van der Waals surface area contributed by atoms with E-state index < -0.39 is 3.07 Å². The largest absolute Gasteiger partial charge is 0.497 e. The highest BCUT2D eigenvalue weighted by molar-refractivity contribution is 14.3. The SMILES string of the molecule is CC[Si](I)(I)c1ccc(OC)cc1. The monoisotopic (exact) mass is 418 g/mol. The molecule has 0 fully saturated rings. The molecule has 13 heavy (non-hydrogen) atoms. The third kappa shape index (κ3) is 3.09. The molecule has 0 aliphatic heterocycles. The zero-order valence-electron chi connectivity index (χ0n) is 7.68. The van der Waals surface area contributed by atoms with Crippen molar-refractivity contribution < 1.29 is 4.74 Å². The third-order valence-corrected chi connectivity index (χ3v) is 12.3. The molecule has 0 heterocycles. The smallest absolute Gasteiger partial charge is 0.220 e. The molecule has 4 heteroatoms. The number of rotatable bonds is 3. The molecular weight excluding hydrogens is 406 g/mol. The summed E-state index contributed by atoms with van der Waals surface area (Å²) in [5.41, 5.74) is 0. The second-order valence-corrected chi connectivity index (χ2v) is 22.7. The van der Waals surface area contributed by atoms with E-state index in [-0.39, 0.29) is 0 Å². The molecule has 72 valence electrons. The Morgan fingerprint density at radius 3 is 2.15 bits per heavy atom. The molecule has 0 bridgehead atoms. The normalized spacial score (nSPS) is 11.4. The number of benzene rings is 1. The summed E-state index contributed by atoms with van der Waals surface area (Å²) < 4.78 is 3.92. The molecular formula is C9H12I2OSi. The van der Waals surface area contributed by atoms with E-state index in [4.69, 9.17) is 4.74 Å². The molecule has 0 atom stereocenters. The lowest BCUT2D eigenvalue weighted by molar-refractivity contribution is 0.415. The first-order valence-corrected chi connectivity index (χ1v) is 12.6. The fourth-order valence-electron chi connectivity index (χ4n) is 1.04. The maximum atomic E-state index is 5.13. The van der Waals surface area contributed by atoms with E-state index in [1.807, 2.05) is 12.1 Å². The van der Waals surface area contributed by atoms with Gasteiger partial charge in [0.1, 0.15) is 5.75 Å². The Kier molecular flexibility index (Phi) is 4.50. The lowest BCUT2D eigenvalue weighted by atomic mass is 10.3. The Labute approximate surface area is 106 Å². The van der Waals surface area contributed by atoms with Gasteiger partial charge in [-0.25, -0.2) is 0 Å². The van der Waals surface area contributed by atoms with Gasteiger partial charge in [-0.3, -0.25) is 0 Å². The van der Waals surface area contributed by atoms with Crippen molar-refractivity contribution in [2.45, 2.75) is 13.0 Å². The van der Waals surface area contributed by atoms with Gasteiger partial charge in [-0.15, -0.1) is 0 Å². The van der Waals surface area contributed by atoms with Gasteiger partial charge in [-0.1, -0.05) is 62.7 Å². The molecule has 1 nitrogen and oxygen atoms in total. The van der Waals surface area contributed by atoms with Crippen LogP contribution in [0.1, 0.15) is 6.92 Å². The Morgan fingerprint density at radius 2 is 1.77 bits per heavy atom. The van der Waals surface area contributed by atoms with Gasteiger partial charge < -0.3 is 4.74 Å². The van der Waals surface area contributed by atoms with E-state index in [0.29, 0.717) is 0 Å². The fraction of sp³-hybridized carbons (Fsp3) is 0.333. The van der Waals surface area contributed by atoms with Crippen LogP contribution in [0.3, 0.4) is 0 Å². The molecule has 0 saturated heterocycles. The van der Waals surface area contributed by atoms with Gasteiger partial charge in [0.25, 0.3) is 0 Å². The number of ether oxygens (including phenoxy) is 1. The minimum Gasteiger partial charge on any atom is -0.497 e. The summed E-state index contributed by atoms with van der Waals surface area (Å²) in [5.74, 6) is 0.942. The maximum absolute atomic E-state index is 5.13. The molecule has 0 unspecified atom stereocenters. The Balaban J connectivity index is 2.92. The van der Waals surface area contributed by atoms with Crippen LogP contribution in [-0.2, 0) is 0 Å². The van der Waals surface area contributed by atoms with Crippen molar-refractivity contribution in [3.63, 3.8) is 0 Å². The molecule has 1 aromatic carbocycles. The van der Waals surface area contributed by atoms with Crippen molar-refractivity contribution in [1.82, 2.24) is 0 Å². The van der Waals surface area contributed by atoms with Gasteiger partial charge in [0, 0.05) is 0 Å². The molecule has 0 saturated carbocycles. The summed E-state index contributed by atoms with van der Waals surface area (Å²) in [7, 11) is 1.70. The second-order valence-electron chi connectivity index (χ2n) is 2.79. The number of halogens is 2. The summed E-state index contributed by atoms with van der Waals surface area (Å²) >= 11 is 5.23. The van der Waals surface area contributed by atoms with Crippen LogP contribution in [0.2, 0.25) is 6.04 Å². The highest BCUT2D eigenvalue weighted by Gasteiger charge is 2.25. The van der Waals surface area contributed by atoms with Crippen molar-refractivity contribution in [1.29, 1.82) is 0 Å². The molecule has 0 aliphatic rings. The van der Waals surface area contributed by atoms with E-state index in [0.717, 1.165) is 5.75 Å². The highest BCUT2D eigenvalue weighted by atomic mass is 127. The first-order chi connectivity index (χ1) is 6.10. The van der Waals surface area contributed by atoms with E-state index in [9.17, 15) is 0 Å². The summed E-state index contributed by atoms with van der Waals surface area (Å²) in [6, 6.07) is 9.73. The topological polar surface area (TPSA) is 9.23 Å². The average Bonchev–Trinajstić information content (AvgIpc) is 2.18. The van der Waals surface area contributed by atoms with Crippen molar-refractivity contribution in [3.8, 4) is 5.75 Å². The predicted octanol–water partition coefficient (Wildman–Crippen LogP) is 3.23. The molecule has 0 aliphatic carbocycles. The quantitative estimate of drug-likeness (QED) is 0.416. The summed E-state index contributed by atoms with van der Waals surface area (Å²) in [6.07, 6.45) is 0. The molecule has 1 aromatic rings. The minimum atomic E-state index is -1.20. The van der Waals surface area contributed by atoms with Crippen LogP contribution in [0.4, 0.5) is 0 Å². The van der Waals surface area contributed by atoms with Crippen LogP contribution in [0.15, 0.2) is 24.3 Å². The van der Waals surface area contributed by atoms with Crippen molar-refractivity contribution in [2.24, 2.45) is 0 Å². The van der Waals surface area contributed by atoms with E-state index >= 15 is 0 Å². The molecule has 0 spiro atoms. The van der Waals surface area contributed by atoms with Crippen molar-refractivity contribution in [2.75, 3.05) is 7.11 Å². The number of methoxy groups -OCH3 is 1. The average molecular weight is 418 g/mol. The Bertz CT molecular complexity index is 271. The van der Waals surface area contributed by atoms with E-state index in [2.05, 4.69) is 62.7 Å². The number of hydrogen-bond acceptors (Lipinski definition) is 1. The van der Waals surface area contributed by atoms with Crippen LogP contribution in [-0.4, -0.2) is 10.2 Å². The summed E-state index contributed by atoms with van der Waals surface area (Å²) in [5, 5.41) is 1.48. The van der Waals surface area contributed by atoms with Crippen molar-refractivity contribution in [3.05, 3.63) is 24.3 Å². The van der Waals surface area contributed by atoms with Gasteiger partial charge in [0.15, 0.2) is 0 Å². The van der Waals surface area contributed by atoms with Crippen LogP contribution in [0.25, 0.3) is 0 Å². The highest BCUT2D eigenvalue weighted by Crippen LogP contribution is 2.26. The predicted molar refractivity (Wildman–Crippen MR) is 76.9 cm³/mol. The van der Waals surface area contributed by atoms with E-state index in [1.54, 1.807) is 7.11 Å².